The van der Waals surface area contributed by atoms with Crippen molar-refractivity contribution >= 4 is 11.9 Å². The molecule has 0 saturated carbocycles. The van der Waals surface area contributed by atoms with Crippen LogP contribution >= 0.6 is 0 Å². The third-order valence-corrected chi connectivity index (χ3v) is 4.78. The van der Waals surface area contributed by atoms with E-state index < -0.39 is 0 Å². The molecule has 2 saturated heterocycles. The molecule has 1 atom stereocenters. The third kappa shape index (κ3) is 3.55. The predicted octanol–water partition coefficient (Wildman–Crippen LogP) is 0.906. The second-order valence-electron chi connectivity index (χ2n) is 6.50. The normalized spacial score (nSPS) is 22.7. The van der Waals surface area contributed by atoms with Gasteiger partial charge in [0.05, 0.1) is 18.8 Å². The fraction of sp³-hybridized carbons (Fsp3) is 0.688. The van der Waals surface area contributed by atoms with Gasteiger partial charge >= 0.3 is 6.03 Å². The number of aryl methyl sites for hydroxylation is 2. The number of urea groups is 1. The molecular weight excluding hydrogens is 294 g/mol. The molecule has 2 fully saturated rings. The smallest absolute Gasteiger partial charge is 0.324 e. The molecule has 0 radical (unpaired) electrons. The zero-order valence-corrected chi connectivity index (χ0v) is 13.9. The lowest BCUT2D eigenvalue weighted by Gasteiger charge is -2.36. The van der Waals surface area contributed by atoms with Gasteiger partial charge in [0.1, 0.15) is 0 Å². The maximum Gasteiger partial charge on any atom is 0.324 e. The molecule has 126 valence electrons. The van der Waals surface area contributed by atoms with Crippen LogP contribution in [-0.4, -0.2) is 63.7 Å². The lowest BCUT2D eigenvalue weighted by Crippen LogP contribution is -2.47. The van der Waals surface area contributed by atoms with Crippen LogP contribution in [0.5, 0.6) is 0 Å². The second-order valence-corrected chi connectivity index (χ2v) is 6.50. The van der Waals surface area contributed by atoms with Crippen molar-refractivity contribution < 1.29 is 9.59 Å². The summed E-state index contributed by atoms with van der Waals surface area (Å²) in [5.41, 5.74) is 2.23. The molecule has 1 N–H and O–H groups in total. The molecule has 2 aliphatic rings. The lowest BCUT2D eigenvalue weighted by molar-refractivity contribution is -0.125. The molecule has 3 rings (SSSR count). The average Bonchev–Trinajstić information content (AvgIpc) is 3.00. The topological polar surface area (TPSA) is 70.5 Å². The molecule has 0 spiro atoms. The molecule has 2 aliphatic heterocycles. The monoisotopic (exact) mass is 319 g/mol. The van der Waals surface area contributed by atoms with E-state index in [0.29, 0.717) is 12.6 Å². The molecule has 0 aromatic carbocycles. The van der Waals surface area contributed by atoms with E-state index in [4.69, 9.17) is 0 Å². The van der Waals surface area contributed by atoms with Gasteiger partial charge in [-0.25, -0.2) is 4.79 Å². The van der Waals surface area contributed by atoms with Crippen molar-refractivity contribution in [3.63, 3.8) is 0 Å². The van der Waals surface area contributed by atoms with Gasteiger partial charge in [-0.15, -0.1) is 0 Å². The largest absolute Gasteiger partial charge is 0.329 e. The van der Waals surface area contributed by atoms with Gasteiger partial charge in [-0.05, 0) is 39.3 Å². The van der Waals surface area contributed by atoms with Gasteiger partial charge in [-0.3, -0.25) is 19.3 Å². The molecule has 1 aromatic rings. The number of aromatic nitrogens is 2. The van der Waals surface area contributed by atoms with Crippen LogP contribution in [0.3, 0.4) is 0 Å². The van der Waals surface area contributed by atoms with Crippen molar-refractivity contribution in [3.05, 3.63) is 17.5 Å². The fourth-order valence-corrected chi connectivity index (χ4v) is 3.53. The van der Waals surface area contributed by atoms with Gasteiger partial charge in [0.25, 0.3) is 0 Å². The highest BCUT2D eigenvalue weighted by Gasteiger charge is 2.30. The van der Waals surface area contributed by atoms with Gasteiger partial charge in [0.15, 0.2) is 0 Å². The summed E-state index contributed by atoms with van der Waals surface area (Å²) in [5.74, 6) is -0.123. The minimum absolute atomic E-state index is 0.123. The van der Waals surface area contributed by atoms with Crippen LogP contribution in [0.1, 0.15) is 30.7 Å². The van der Waals surface area contributed by atoms with Gasteiger partial charge < -0.3 is 5.32 Å². The Morgan fingerprint density at radius 3 is 2.74 bits per heavy atom. The molecule has 3 heterocycles. The van der Waals surface area contributed by atoms with Gasteiger partial charge in [-0.1, -0.05) is 6.42 Å². The van der Waals surface area contributed by atoms with Crippen molar-refractivity contribution in [2.75, 3.05) is 26.2 Å². The minimum atomic E-state index is -0.262. The number of carbonyl (C=O) groups excluding carboxylic acids is 2. The van der Waals surface area contributed by atoms with Crippen molar-refractivity contribution in [1.82, 2.24) is 24.9 Å². The summed E-state index contributed by atoms with van der Waals surface area (Å²) >= 11 is 0. The lowest BCUT2D eigenvalue weighted by atomic mass is 10.0. The summed E-state index contributed by atoms with van der Waals surface area (Å²) in [6.45, 7) is 7.34. The Hall–Kier alpha value is -1.89. The summed E-state index contributed by atoms with van der Waals surface area (Å²) in [6, 6.07) is 2.25. The Kier molecular flexibility index (Phi) is 4.66. The Labute approximate surface area is 136 Å². The van der Waals surface area contributed by atoms with Gasteiger partial charge in [0, 0.05) is 24.8 Å². The molecule has 1 aromatic heterocycles. The highest BCUT2D eigenvalue weighted by Crippen LogP contribution is 2.19. The second kappa shape index (κ2) is 6.70. The number of likely N-dealkylation sites (tertiary alicyclic amines) is 1. The zero-order chi connectivity index (χ0) is 16.4. The maximum absolute atomic E-state index is 11.7. The van der Waals surface area contributed by atoms with E-state index in [0.717, 1.165) is 31.7 Å². The van der Waals surface area contributed by atoms with E-state index in [-0.39, 0.29) is 18.5 Å². The molecule has 7 nitrogen and oxygen atoms in total. The maximum atomic E-state index is 11.7. The number of piperidine rings is 1. The van der Waals surface area contributed by atoms with Crippen LogP contribution in [-0.2, 0) is 11.3 Å². The van der Waals surface area contributed by atoms with Gasteiger partial charge in [0.2, 0.25) is 5.91 Å². The average molecular weight is 319 g/mol. The fourth-order valence-electron chi connectivity index (χ4n) is 3.53. The van der Waals surface area contributed by atoms with Crippen molar-refractivity contribution in [2.45, 2.75) is 45.7 Å². The van der Waals surface area contributed by atoms with Crippen LogP contribution in [0.15, 0.2) is 6.07 Å². The molecular formula is C16H25N5O2. The first-order chi connectivity index (χ1) is 11.0. The Balaban J connectivity index is 1.61. The van der Waals surface area contributed by atoms with Crippen LogP contribution < -0.4 is 5.32 Å². The first-order valence-electron chi connectivity index (χ1n) is 8.38. The standard InChI is InChI=1S/C16H25N5O2/c1-12-9-13(2)21(18-12)11-14-5-3-4-6-19(14)7-8-20-15(22)10-17-16(20)23/h9,14H,3-8,10-11H2,1-2H3,(H,17,23). The zero-order valence-electron chi connectivity index (χ0n) is 13.9. The quantitative estimate of drug-likeness (QED) is 0.819. The molecule has 23 heavy (non-hydrogen) atoms. The predicted molar refractivity (Wildman–Crippen MR) is 86.0 cm³/mol. The number of carbonyl (C=O) groups is 2. The van der Waals surface area contributed by atoms with E-state index in [1.165, 1.54) is 23.4 Å². The van der Waals surface area contributed by atoms with Crippen molar-refractivity contribution in [3.8, 4) is 0 Å². The summed E-state index contributed by atoms with van der Waals surface area (Å²) in [7, 11) is 0. The number of nitrogens with one attached hydrogen (secondary N) is 1. The Bertz CT molecular complexity index is 581. The number of rotatable bonds is 5. The number of nitrogens with zero attached hydrogens (tertiary/aromatic N) is 4. The van der Waals surface area contributed by atoms with Crippen molar-refractivity contribution in [1.29, 1.82) is 0 Å². The van der Waals surface area contributed by atoms with E-state index in [2.05, 4.69) is 33.0 Å². The number of hydrogen-bond donors (Lipinski definition) is 1. The van der Waals surface area contributed by atoms with Crippen LogP contribution in [0.4, 0.5) is 4.79 Å². The van der Waals surface area contributed by atoms with Crippen molar-refractivity contribution in [2.24, 2.45) is 0 Å². The SMILES string of the molecule is Cc1cc(C)n(CC2CCCCN2CCN2C(=O)CNC2=O)n1. The molecule has 3 amide bonds. The number of hydrogen-bond acceptors (Lipinski definition) is 4. The van der Waals surface area contributed by atoms with Gasteiger partial charge in [-0.2, -0.15) is 5.10 Å². The van der Waals surface area contributed by atoms with E-state index in [1.54, 1.807) is 0 Å². The summed E-state index contributed by atoms with van der Waals surface area (Å²) < 4.78 is 2.08. The molecule has 0 bridgehead atoms. The Morgan fingerprint density at radius 1 is 1.26 bits per heavy atom. The first kappa shape index (κ1) is 16.0. The Morgan fingerprint density at radius 2 is 2.09 bits per heavy atom. The molecule has 7 heteroatoms. The molecule has 1 unspecified atom stereocenters. The van der Waals surface area contributed by atoms with E-state index in [1.807, 2.05) is 6.92 Å². The van der Waals surface area contributed by atoms with E-state index in [9.17, 15) is 9.59 Å². The first-order valence-corrected chi connectivity index (χ1v) is 8.38. The minimum Gasteiger partial charge on any atom is -0.329 e. The van der Waals surface area contributed by atoms with Crippen LogP contribution in [0.25, 0.3) is 0 Å². The third-order valence-electron chi connectivity index (χ3n) is 4.78. The highest BCUT2D eigenvalue weighted by atomic mass is 16.2. The van der Waals surface area contributed by atoms with E-state index >= 15 is 0 Å². The summed E-state index contributed by atoms with van der Waals surface area (Å²) in [5, 5.41) is 7.13. The van der Waals surface area contributed by atoms with Crippen LogP contribution in [0.2, 0.25) is 0 Å². The molecule has 0 aliphatic carbocycles. The highest BCUT2D eigenvalue weighted by molar-refractivity contribution is 6.01. The summed E-state index contributed by atoms with van der Waals surface area (Å²) in [6.07, 6.45) is 3.54. The number of imide groups is 1. The number of amides is 3. The summed E-state index contributed by atoms with van der Waals surface area (Å²) in [4.78, 5) is 27.1. The van der Waals surface area contributed by atoms with Crippen LogP contribution in [0, 0.1) is 13.8 Å².